The lowest BCUT2D eigenvalue weighted by Crippen LogP contribution is -2.27. The van der Waals surface area contributed by atoms with Crippen molar-refractivity contribution in [3.05, 3.63) is 89.2 Å². The van der Waals surface area contributed by atoms with Crippen LogP contribution >= 0.6 is 0 Å². The van der Waals surface area contributed by atoms with Gasteiger partial charge >= 0.3 is 0 Å². The predicted octanol–water partition coefficient (Wildman–Crippen LogP) is 3.37. The van der Waals surface area contributed by atoms with E-state index in [-0.39, 0.29) is 5.91 Å². The van der Waals surface area contributed by atoms with Gasteiger partial charge in [-0.1, -0.05) is 60.7 Å². The van der Waals surface area contributed by atoms with Gasteiger partial charge in [-0.25, -0.2) is 9.97 Å². The number of nitrogens with zero attached hydrogens (tertiary/aromatic N) is 2. The number of benzene rings is 2. The second-order valence-electron chi connectivity index (χ2n) is 6.05. The molecule has 0 saturated carbocycles. The fourth-order valence-electron chi connectivity index (χ4n) is 2.60. The number of carbonyl (C=O) groups is 1. The van der Waals surface area contributed by atoms with Gasteiger partial charge < -0.3 is 10.6 Å². The van der Waals surface area contributed by atoms with Crippen molar-refractivity contribution in [2.45, 2.75) is 19.9 Å². The zero-order chi connectivity index (χ0) is 18.2. The Kier molecular flexibility index (Phi) is 5.93. The number of carbonyl (C=O) groups excluding carboxylic acids is 1. The Morgan fingerprint density at radius 3 is 2.27 bits per heavy atom. The molecule has 0 atom stereocenters. The lowest BCUT2D eigenvalue weighted by atomic mass is 10.1. The van der Waals surface area contributed by atoms with Gasteiger partial charge in [0.2, 0.25) is 5.95 Å². The van der Waals surface area contributed by atoms with E-state index in [4.69, 9.17) is 0 Å². The minimum absolute atomic E-state index is 0.186. The summed E-state index contributed by atoms with van der Waals surface area (Å²) in [6, 6.07) is 21.8. The summed E-state index contributed by atoms with van der Waals surface area (Å²) in [6.45, 7) is 3.04. The number of hydrogen-bond donors (Lipinski definition) is 2. The van der Waals surface area contributed by atoms with Gasteiger partial charge in [0.05, 0.1) is 0 Å². The first kappa shape index (κ1) is 17.6. The van der Waals surface area contributed by atoms with E-state index >= 15 is 0 Å². The molecule has 132 valence electrons. The highest BCUT2D eigenvalue weighted by Crippen LogP contribution is 2.08. The van der Waals surface area contributed by atoms with Gasteiger partial charge in [-0.05, 0) is 30.5 Å². The number of amides is 1. The molecule has 0 radical (unpaired) electrons. The topological polar surface area (TPSA) is 66.9 Å². The minimum Gasteiger partial charge on any atom is -0.350 e. The van der Waals surface area contributed by atoms with E-state index < -0.39 is 0 Å². The molecule has 0 unspecified atom stereocenters. The van der Waals surface area contributed by atoms with Crippen molar-refractivity contribution in [3.63, 3.8) is 0 Å². The molecule has 0 aliphatic heterocycles. The summed E-state index contributed by atoms with van der Waals surface area (Å²) in [7, 11) is 0. The molecule has 3 aromatic rings. The first-order chi connectivity index (χ1) is 12.7. The quantitative estimate of drug-likeness (QED) is 0.688. The molecule has 1 amide bonds. The lowest BCUT2D eigenvalue weighted by molar-refractivity contribution is 0.0949. The first-order valence-electron chi connectivity index (χ1n) is 8.66. The van der Waals surface area contributed by atoms with Gasteiger partial charge in [0, 0.05) is 18.8 Å². The molecule has 1 aromatic heterocycles. The average molecular weight is 346 g/mol. The fraction of sp³-hybridized carbons (Fsp3) is 0.190. The third-order valence-electron chi connectivity index (χ3n) is 3.92. The monoisotopic (exact) mass is 346 g/mol. The SMILES string of the molecule is Cc1cc(C(=O)NCCc2ccccc2)nc(NCc2ccccc2)n1. The number of anilines is 1. The zero-order valence-electron chi connectivity index (χ0n) is 14.8. The number of aromatic nitrogens is 2. The van der Waals surface area contributed by atoms with E-state index in [0.29, 0.717) is 24.7 Å². The maximum Gasteiger partial charge on any atom is 0.270 e. The summed E-state index contributed by atoms with van der Waals surface area (Å²) in [5, 5.41) is 6.10. The Hall–Kier alpha value is -3.21. The van der Waals surface area contributed by atoms with Gasteiger partial charge in [-0.3, -0.25) is 4.79 Å². The van der Waals surface area contributed by atoms with Crippen LogP contribution in [0.2, 0.25) is 0 Å². The van der Waals surface area contributed by atoms with Crippen LogP contribution < -0.4 is 10.6 Å². The molecular weight excluding hydrogens is 324 g/mol. The van der Waals surface area contributed by atoms with Crippen molar-refractivity contribution in [1.29, 1.82) is 0 Å². The minimum atomic E-state index is -0.186. The molecule has 5 nitrogen and oxygen atoms in total. The molecule has 0 spiro atoms. The number of rotatable bonds is 7. The maximum atomic E-state index is 12.4. The van der Waals surface area contributed by atoms with E-state index in [1.54, 1.807) is 6.07 Å². The largest absolute Gasteiger partial charge is 0.350 e. The molecule has 0 fully saturated rings. The number of hydrogen-bond acceptors (Lipinski definition) is 4. The third kappa shape index (κ3) is 5.14. The van der Waals surface area contributed by atoms with Crippen LogP contribution in [0.4, 0.5) is 5.95 Å². The average Bonchev–Trinajstić information content (AvgIpc) is 2.67. The molecule has 2 aromatic carbocycles. The molecule has 0 saturated heterocycles. The highest BCUT2D eigenvalue weighted by Gasteiger charge is 2.10. The molecule has 1 heterocycles. The van der Waals surface area contributed by atoms with Gasteiger partial charge in [0.1, 0.15) is 5.69 Å². The molecule has 0 bridgehead atoms. The predicted molar refractivity (Wildman–Crippen MR) is 103 cm³/mol. The standard InChI is InChI=1S/C21H22N4O/c1-16-14-19(20(26)22-13-12-17-8-4-2-5-9-17)25-21(24-16)23-15-18-10-6-3-7-11-18/h2-11,14H,12-13,15H2,1H3,(H,22,26)(H,23,24,25). The Morgan fingerprint density at radius 1 is 0.923 bits per heavy atom. The van der Waals surface area contributed by atoms with Crippen LogP contribution in [0.1, 0.15) is 27.3 Å². The maximum absolute atomic E-state index is 12.4. The highest BCUT2D eigenvalue weighted by molar-refractivity contribution is 5.92. The van der Waals surface area contributed by atoms with Gasteiger partial charge in [-0.2, -0.15) is 0 Å². The first-order valence-corrected chi connectivity index (χ1v) is 8.66. The van der Waals surface area contributed by atoms with Gasteiger partial charge in [-0.15, -0.1) is 0 Å². The van der Waals surface area contributed by atoms with Crippen molar-refractivity contribution in [2.75, 3.05) is 11.9 Å². The van der Waals surface area contributed by atoms with Crippen LogP contribution in [0.3, 0.4) is 0 Å². The van der Waals surface area contributed by atoms with Crippen molar-refractivity contribution >= 4 is 11.9 Å². The third-order valence-corrected chi connectivity index (χ3v) is 3.92. The second-order valence-corrected chi connectivity index (χ2v) is 6.05. The van der Waals surface area contributed by atoms with Crippen LogP contribution in [-0.2, 0) is 13.0 Å². The summed E-state index contributed by atoms with van der Waals surface area (Å²) in [5.74, 6) is 0.274. The van der Waals surface area contributed by atoms with Crippen LogP contribution in [0.25, 0.3) is 0 Å². The van der Waals surface area contributed by atoms with Crippen molar-refractivity contribution in [3.8, 4) is 0 Å². The smallest absolute Gasteiger partial charge is 0.270 e. The molecule has 2 N–H and O–H groups in total. The van der Waals surface area contributed by atoms with E-state index in [0.717, 1.165) is 17.7 Å². The van der Waals surface area contributed by atoms with Crippen molar-refractivity contribution in [2.24, 2.45) is 0 Å². The van der Waals surface area contributed by atoms with Crippen LogP contribution in [0, 0.1) is 6.92 Å². The molecule has 3 rings (SSSR count). The lowest BCUT2D eigenvalue weighted by Gasteiger charge is -2.09. The summed E-state index contributed by atoms with van der Waals surface area (Å²) < 4.78 is 0. The normalized spacial score (nSPS) is 10.3. The Bertz CT molecular complexity index is 850. The highest BCUT2D eigenvalue weighted by atomic mass is 16.1. The van der Waals surface area contributed by atoms with Crippen molar-refractivity contribution < 1.29 is 4.79 Å². The molecule has 0 aliphatic rings. The van der Waals surface area contributed by atoms with E-state index in [1.807, 2.05) is 67.6 Å². The number of aryl methyl sites for hydroxylation is 1. The second kappa shape index (κ2) is 8.76. The van der Waals surface area contributed by atoms with E-state index in [2.05, 4.69) is 20.6 Å². The summed E-state index contributed by atoms with van der Waals surface area (Å²) in [4.78, 5) is 21.1. The fourth-order valence-corrected chi connectivity index (χ4v) is 2.60. The Balaban J connectivity index is 1.58. The molecule has 5 heteroatoms. The van der Waals surface area contributed by atoms with Crippen LogP contribution in [-0.4, -0.2) is 22.4 Å². The Labute approximate surface area is 153 Å². The van der Waals surface area contributed by atoms with Gasteiger partial charge in [0.15, 0.2) is 0 Å². The zero-order valence-corrected chi connectivity index (χ0v) is 14.8. The van der Waals surface area contributed by atoms with Gasteiger partial charge in [0.25, 0.3) is 5.91 Å². The van der Waals surface area contributed by atoms with Crippen LogP contribution in [0.15, 0.2) is 66.7 Å². The summed E-state index contributed by atoms with van der Waals surface area (Å²) in [6.07, 6.45) is 0.787. The molecular formula is C21H22N4O. The summed E-state index contributed by atoms with van der Waals surface area (Å²) >= 11 is 0. The Morgan fingerprint density at radius 2 is 1.58 bits per heavy atom. The molecule has 26 heavy (non-hydrogen) atoms. The van der Waals surface area contributed by atoms with E-state index in [9.17, 15) is 4.79 Å². The van der Waals surface area contributed by atoms with Crippen molar-refractivity contribution in [1.82, 2.24) is 15.3 Å². The summed E-state index contributed by atoms with van der Waals surface area (Å²) in [5.41, 5.74) is 3.45. The van der Waals surface area contributed by atoms with Crippen LogP contribution in [0.5, 0.6) is 0 Å². The molecule has 0 aliphatic carbocycles. The van der Waals surface area contributed by atoms with E-state index in [1.165, 1.54) is 5.56 Å². The number of nitrogens with one attached hydrogen (secondary N) is 2.